The number of amides is 2. The Labute approximate surface area is 79.0 Å². The molecule has 0 aromatic rings. The van der Waals surface area contributed by atoms with Gasteiger partial charge in [0.2, 0.25) is 0 Å². The number of hydrogen-bond donors (Lipinski definition) is 2. The van der Waals surface area contributed by atoms with E-state index in [1.54, 1.807) is 7.05 Å². The fourth-order valence-corrected chi connectivity index (χ4v) is 1.63. The van der Waals surface area contributed by atoms with Crippen LogP contribution in [0.3, 0.4) is 0 Å². The molecule has 0 atom stereocenters. The second-order valence-corrected chi connectivity index (χ2v) is 3.45. The lowest BCUT2D eigenvalue weighted by atomic mass is 9.87. The van der Waals surface area contributed by atoms with Gasteiger partial charge in [-0.05, 0) is 19.3 Å². The van der Waals surface area contributed by atoms with Crippen LogP contribution in [0, 0.1) is 0 Å². The molecular formula is C9H18N2O2. The van der Waals surface area contributed by atoms with Crippen molar-refractivity contribution in [3.05, 3.63) is 0 Å². The van der Waals surface area contributed by atoms with Gasteiger partial charge in [-0.15, -0.1) is 0 Å². The highest BCUT2D eigenvalue weighted by molar-refractivity contribution is 5.74. The normalized spacial score (nSPS) is 20.8. The minimum Gasteiger partial charge on any atom is -0.381 e. The first-order valence-electron chi connectivity index (χ1n) is 4.80. The lowest BCUT2D eigenvalue weighted by Gasteiger charge is -2.36. The highest BCUT2D eigenvalue weighted by atomic mass is 16.5. The Balaban J connectivity index is 2.52. The maximum atomic E-state index is 11.2. The third-order valence-electron chi connectivity index (χ3n) is 2.73. The largest absolute Gasteiger partial charge is 0.381 e. The first-order valence-corrected chi connectivity index (χ1v) is 4.80. The van der Waals surface area contributed by atoms with Crippen molar-refractivity contribution in [3.63, 3.8) is 0 Å². The number of carbonyl (C=O) groups is 1. The topological polar surface area (TPSA) is 50.4 Å². The third kappa shape index (κ3) is 2.59. The summed E-state index contributed by atoms with van der Waals surface area (Å²) in [6, 6.07) is -0.0937. The Morgan fingerprint density at radius 3 is 2.54 bits per heavy atom. The van der Waals surface area contributed by atoms with E-state index in [0.717, 1.165) is 32.5 Å². The summed E-state index contributed by atoms with van der Waals surface area (Å²) in [5.74, 6) is 0. The van der Waals surface area contributed by atoms with Crippen molar-refractivity contribution in [1.29, 1.82) is 0 Å². The van der Waals surface area contributed by atoms with Crippen LogP contribution in [-0.2, 0) is 4.74 Å². The summed E-state index contributed by atoms with van der Waals surface area (Å²) in [7, 11) is 1.64. The lowest BCUT2D eigenvalue weighted by molar-refractivity contribution is 0.0409. The van der Waals surface area contributed by atoms with Crippen molar-refractivity contribution < 1.29 is 9.53 Å². The Morgan fingerprint density at radius 2 is 2.08 bits per heavy atom. The van der Waals surface area contributed by atoms with Crippen LogP contribution in [0.25, 0.3) is 0 Å². The zero-order valence-corrected chi connectivity index (χ0v) is 8.35. The summed E-state index contributed by atoms with van der Waals surface area (Å²) in [6.45, 7) is 3.59. The van der Waals surface area contributed by atoms with Gasteiger partial charge in [-0.25, -0.2) is 4.79 Å². The van der Waals surface area contributed by atoms with Crippen LogP contribution < -0.4 is 10.6 Å². The van der Waals surface area contributed by atoms with Crippen LogP contribution >= 0.6 is 0 Å². The molecule has 2 N–H and O–H groups in total. The Morgan fingerprint density at radius 1 is 1.46 bits per heavy atom. The minimum atomic E-state index is -0.0937. The number of carbonyl (C=O) groups excluding carboxylic acids is 1. The monoisotopic (exact) mass is 186 g/mol. The minimum absolute atomic E-state index is 0.0433. The molecule has 0 unspecified atom stereocenters. The molecule has 1 aliphatic heterocycles. The van der Waals surface area contributed by atoms with E-state index in [9.17, 15) is 4.79 Å². The maximum Gasteiger partial charge on any atom is 0.314 e. The van der Waals surface area contributed by atoms with Gasteiger partial charge >= 0.3 is 6.03 Å². The zero-order valence-electron chi connectivity index (χ0n) is 8.35. The van der Waals surface area contributed by atoms with Gasteiger partial charge in [0.05, 0.1) is 0 Å². The van der Waals surface area contributed by atoms with Crippen molar-refractivity contribution in [2.75, 3.05) is 20.3 Å². The van der Waals surface area contributed by atoms with Crippen molar-refractivity contribution >= 4 is 6.03 Å². The summed E-state index contributed by atoms with van der Waals surface area (Å²) in [6.07, 6.45) is 2.79. The van der Waals surface area contributed by atoms with E-state index < -0.39 is 0 Å². The Hall–Kier alpha value is -0.770. The molecule has 2 amide bonds. The van der Waals surface area contributed by atoms with Gasteiger partial charge in [-0.2, -0.15) is 0 Å². The number of urea groups is 1. The molecule has 0 bridgehead atoms. The number of nitrogens with one attached hydrogen (secondary N) is 2. The van der Waals surface area contributed by atoms with Crippen LogP contribution in [0.15, 0.2) is 0 Å². The molecule has 4 heteroatoms. The maximum absolute atomic E-state index is 11.2. The smallest absolute Gasteiger partial charge is 0.314 e. The predicted octanol–water partition coefficient (Wildman–Crippen LogP) is 0.875. The van der Waals surface area contributed by atoms with Gasteiger partial charge in [0.25, 0.3) is 0 Å². The first kappa shape index (κ1) is 10.3. The van der Waals surface area contributed by atoms with Crippen molar-refractivity contribution in [1.82, 2.24) is 10.6 Å². The van der Waals surface area contributed by atoms with Crippen LogP contribution in [0.2, 0.25) is 0 Å². The van der Waals surface area contributed by atoms with Gasteiger partial charge in [-0.1, -0.05) is 6.92 Å². The standard InChI is InChI=1S/C9H18N2O2/c1-3-9(11-8(12)10-2)4-6-13-7-5-9/h3-7H2,1-2H3,(H2,10,11,12). The molecule has 1 saturated heterocycles. The molecule has 0 saturated carbocycles. The van der Waals surface area contributed by atoms with E-state index in [1.165, 1.54) is 0 Å². The fourth-order valence-electron chi connectivity index (χ4n) is 1.63. The second-order valence-electron chi connectivity index (χ2n) is 3.45. The second kappa shape index (κ2) is 4.46. The van der Waals surface area contributed by atoms with E-state index >= 15 is 0 Å². The highest BCUT2D eigenvalue weighted by Gasteiger charge is 2.31. The fraction of sp³-hybridized carbons (Fsp3) is 0.889. The van der Waals surface area contributed by atoms with E-state index in [-0.39, 0.29) is 11.6 Å². The molecule has 76 valence electrons. The number of hydrogen-bond acceptors (Lipinski definition) is 2. The molecule has 1 aliphatic rings. The molecular weight excluding hydrogens is 168 g/mol. The summed E-state index contributed by atoms with van der Waals surface area (Å²) in [5.41, 5.74) is -0.0433. The van der Waals surface area contributed by atoms with Crippen LogP contribution in [0.1, 0.15) is 26.2 Å². The van der Waals surface area contributed by atoms with Crippen LogP contribution in [0.4, 0.5) is 4.79 Å². The average molecular weight is 186 g/mol. The lowest BCUT2D eigenvalue weighted by Crippen LogP contribution is -2.53. The van der Waals surface area contributed by atoms with E-state index in [1.807, 2.05) is 0 Å². The molecule has 13 heavy (non-hydrogen) atoms. The first-order chi connectivity index (χ1) is 6.22. The molecule has 0 radical (unpaired) electrons. The number of rotatable bonds is 2. The van der Waals surface area contributed by atoms with Gasteiger partial charge in [-0.3, -0.25) is 0 Å². The number of ether oxygens (including phenoxy) is 1. The van der Waals surface area contributed by atoms with Crippen LogP contribution in [-0.4, -0.2) is 31.8 Å². The quantitative estimate of drug-likeness (QED) is 0.672. The molecule has 1 rings (SSSR count). The van der Waals surface area contributed by atoms with E-state index in [4.69, 9.17) is 4.74 Å². The van der Waals surface area contributed by atoms with Gasteiger partial charge in [0.1, 0.15) is 0 Å². The molecule has 0 spiro atoms. The summed E-state index contributed by atoms with van der Waals surface area (Å²) >= 11 is 0. The molecule has 1 fully saturated rings. The van der Waals surface area contributed by atoms with Gasteiger partial charge < -0.3 is 15.4 Å². The Bertz CT molecular complexity index is 176. The van der Waals surface area contributed by atoms with E-state index in [2.05, 4.69) is 17.6 Å². The summed E-state index contributed by atoms with van der Waals surface area (Å²) in [4.78, 5) is 11.2. The van der Waals surface area contributed by atoms with E-state index in [0.29, 0.717) is 0 Å². The average Bonchev–Trinajstić information content (AvgIpc) is 2.19. The predicted molar refractivity (Wildman–Crippen MR) is 50.7 cm³/mol. The van der Waals surface area contributed by atoms with Crippen molar-refractivity contribution in [2.45, 2.75) is 31.7 Å². The SMILES string of the molecule is CCC1(NC(=O)NC)CCOCC1. The zero-order chi connectivity index (χ0) is 9.73. The van der Waals surface area contributed by atoms with Gasteiger partial charge in [0.15, 0.2) is 0 Å². The molecule has 1 heterocycles. The van der Waals surface area contributed by atoms with Crippen molar-refractivity contribution in [2.24, 2.45) is 0 Å². The van der Waals surface area contributed by atoms with Crippen LogP contribution in [0.5, 0.6) is 0 Å². The van der Waals surface area contributed by atoms with Crippen molar-refractivity contribution in [3.8, 4) is 0 Å². The molecule has 0 aliphatic carbocycles. The molecule has 0 aromatic heterocycles. The summed E-state index contributed by atoms with van der Waals surface area (Å²) in [5, 5.41) is 5.58. The highest BCUT2D eigenvalue weighted by Crippen LogP contribution is 2.23. The molecule has 0 aromatic carbocycles. The molecule has 4 nitrogen and oxygen atoms in total. The third-order valence-corrected chi connectivity index (χ3v) is 2.73. The summed E-state index contributed by atoms with van der Waals surface area (Å²) < 4.78 is 5.27. The Kier molecular flexibility index (Phi) is 3.54. The van der Waals surface area contributed by atoms with Gasteiger partial charge in [0, 0.05) is 25.8 Å².